The zero-order chi connectivity index (χ0) is 20.8. The van der Waals surface area contributed by atoms with Gasteiger partial charge in [-0.3, -0.25) is 0 Å². The highest BCUT2D eigenvalue weighted by Gasteiger charge is 2.23. The van der Waals surface area contributed by atoms with E-state index in [1.54, 1.807) is 6.92 Å². The molecule has 0 bridgehead atoms. The van der Waals surface area contributed by atoms with Crippen LogP contribution in [0.2, 0.25) is 0 Å². The molecule has 0 saturated heterocycles. The third kappa shape index (κ3) is 4.28. The summed E-state index contributed by atoms with van der Waals surface area (Å²) in [7, 11) is 0. The first kappa shape index (κ1) is 19.5. The van der Waals surface area contributed by atoms with Gasteiger partial charge in [0.25, 0.3) is 0 Å². The Morgan fingerprint density at radius 3 is 2.43 bits per heavy atom. The Kier molecular flexibility index (Phi) is 5.95. The minimum Gasteiger partial charge on any atom is -0.490 e. The van der Waals surface area contributed by atoms with E-state index in [9.17, 15) is 4.79 Å². The van der Waals surface area contributed by atoms with Gasteiger partial charge >= 0.3 is 5.97 Å². The van der Waals surface area contributed by atoms with Crippen molar-refractivity contribution >= 4 is 23.0 Å². The minimum absolute atomic E-state index is 0.292. The van der Waals surface area contributed by atoms with E-state index in [4.69, 9.17) is 13.9 Å². The molecule has 30 heavy (non-hydrogen) atoms. The molecule has 0 spiro atoms. The second-order valence-electron chi connectivity index (χ2n) is 6.67. The fourth-order valence-electron chi connectivity index (χ4n) is 3.26. The summed E-state index contributed by atoms with van der Waals surface area (Å²) in [5, 5.41) is 0.678. The van der Waals surface area contributed by atoms with Gasteiger partial charge in [0, 0.05) is 10.9 Å². The van der Waals surface area contributed by atoms with Crippen molar-refractivity contribution in [3.63, 3.8) is 0 Å². The summed E-state index contributed by atoms with van der Waals surface area (Å²) >= 11 is 0. The van der Waals surface area contributed by atoms with Gasteiger partial charge in [0.2, 0.25) is 0 Å². The van der Waals surface area contributed by atoms with E-state index in [1.165, 1.54) is 0 Å². The molecule has 0 amide bonds. The highest BCUT2D eigenvalue weighted by atomic mass is 16.5. The number of fused-ring (bicyclic) bond motifs is 1. The van der Waals surface area contributed by atoms with Crippen LogP contribution in [0.3, 0.4) is 0 Å². The van der Waals surface area contributed by atoms with Crippen molar-refractivity contribution < 1.29 is 18.7 Å². The number of benzene rings is 3. The molecule has 150 valence electrons. The number of carbonyl (C=O) groups excluding carboxylic acids is 1. The first-order valence-electron chi connectivity index (χ1n) is 9.89. The maximum atomic E-state index is 12.7. The number of hydrogen-bond donors (Lipinski definition) is 0. The minimum atomic E-state index is -0.406. The number of hydrogen-bond acceptors (Lipinski definition) is 4. The van der Waals surface area contributed by atoms with Gasteiger partial charge in [-0.1, -0.05) is 66.7 Å². The lowest BCUT2D eigenvalue weighted by atomic mass is 10.1. The fourth-order valence-corrected chi connectivity index (χ4v) is 3.26. The van der Waals surface area contributed by atoms with Gasteiger partial charge in [0.15, 0.2) is 0 Å². The number of carbonyl (C=O) groups is 1. The average Bonchev–Trinajstić information content (AvgIpc) is 3.17. The molecule has 4 heteroatoms. The van der Waals surface area contributed by atoms with Crippen LogP contribution in [0.25, 0.3) is 28.4 Å². The molecule has 3 aromatic carbocycles. The molecule has 0 aliphatic carbocycles. The number of furan rings is 1. The molecular formula is C26H22O4. The Morgan fingerprint density at radius 1 is 0.967 bits per heavy atom. The predicted octanol–water partition coefficient (Wildman–Crippen LogP) is 6.37. The maximum Gasteiger partial charge on any atom is 0.342 e. The molecule has 4 rings (SSSR count). The Labute approximate surface area is 175 Å². The van der Waals surface area contributed by atoms with Gasteiger partial charge in [-0.05, 0) is 36.8 Å². The van der Waals surface area contributed by atoms with Crippen LogP contribution in [0.1, 0.15) is 22.8 Å². The van der Waals surface area contributed by atoms with Crippen LogP contribution in [-0.4, -0.2) is 19.2 Å². The Balaban J connectivity index is 1.63. The van der Waals surface area contributed by atoms with Crippen LogP contribution < -0.4 is 4.74 Å². The summed E-state index contributed by atoms with van der Waals surface area (Å²) in [6.45, 7) is 2.49. The van der Waals surface area contributed by atoms with Crippen LogP contribution in [0.5, 0.6) is 5.75 Å². The molecule has 0 N–H and O–H groups in total. The van der Waals surface area contributed by atoms with Crippen molar-refractivity contribution in [2.45, 2.75) is 6.92 Å². The lowest BCUT2D eigenvalue weighted by Gasteiger charge is -2.05. The molecule has 4 nitrogen and oxygen atoms in total. The van der Waals surface area contributed by atoms with Crippen molar-refractivity contribution in [1.29, 1.82) is 0 Å². The monoisotopic (exact) mass is 398 g/mol. The third-order valence-corrected chi connectivity index (χ3v) is 4.63. The molecule has 0 fully saturated rings. The van der Waals surface area contributed by atoms with Crippen LogP contribution in [0, 0.1) is 0 Å². The smallest absolute Gasteiger partial charge is 0.342 e. The summed E-state index contributed by atoms with van der Waals surface area (Å²) < 4.78 is 17.2. The topological polar surface area (TPSA) is 48.7 Å². The lowest BCUT2D eigenvalue weighted by molar-refractivity contribution is 0.0529. The zero-order valence-corrected chi connectivity index (χ0v) is 16.7. The highest BCUT2D eigenvalue weighted by Crippen LogP contribution is 2.36. The summed E-state index contributed by atoms with van der Waals surface area (Å²) in [4.78, 5) is 12.7. The van der Waals surface area contributed by atoms with Crippen molar-refractivity contribution in [2.75, 3.05) is 13.2 Å². The third-order valence-electron chi connectivity index (χ3n) is 4.63. The molecule has 1 heterocycles. The molecule has 0 radical (unpaired) electrons. The summed E-state index contributed by atoms with van der Waals surface area (Å²) in [5.74, 6) is 0.757. The molecule has 0 unspecified atom stereocenters. The fraction of sp³-hybridized carbons (Fsp3) is 0.115. The summed E-state index contributed by atoms with van der Waals surface area (Å²) in [6.07, 6.45) is 3.96. The molecular weight excluding hydrogens is 376 g/mol. The number of rotatable bonds is 7. The predicted molar refractivity (Wildman–Crippen MR) is 119 cm³/mol. The SMILES string of the molecule is CCOC(=O)c1c(-c2ccccc2)oc2ccc(OCC=Cc3ccccc3)cc12. The summed E-state index contributed by atoms with van der Waals surface area (Å²) in [5.41, 5.74) is 2.97. The van der Waals surface area contributed by atoms with Crippen LogP contribution in [-0.2, 0) is 4.74 Å². The standard InChI is InChI=1S/C26H22O4/c1-2-28-26(27)24-22-18-21(29-17-9-12-19-10-5-3-6-11-19)15-16-23(22)30-25(24)20-13-7-4-8-14-20/h3-16,18H,2,17H2,1H3. The lowest BCUT2D eigenvalue weighted by Crippen LogP contribution is -2.05. The van der Waals surface area contributed by atoms with E-state index >= 15 is 0 Å². The molecule has 1 aromatic heterocycles. The van der Waals surface area contributed by atoms with E-state index in [-0.39, 0.29) is 0 Å². The van der Waals surface area contributed by atoms with Gasteiger partial charge in [0.1, 0.15) is 29.3 Å². The Hall–Kier alpha value is -3.79. The first-order chi connectivity index (χ1) is 14.8. The van der Waals surface area contributed by atoms with Gasteiger partial charge in [-0.15, -0.1) is 0 Å². The van der Waals surface area contributed by atoms with E-state index in [0.717, 1.165) is 11.1 Å². The van der Waals surface area contributed by atoms with E-state index in [1.807, 2.05) is 91.0 Å². The Bertz CT molecular complexity index is 1160. The highest BCUT2D eigenvalue weighted by molar-refractivity contribution is 6.09. The molecule has 0 aliphatic rings. The molecule has 0 saturated carbocycles. The zero-order valence-electron chi connectivity index (χ0n) is 16.7. The summed E-state index contributed by atoms with van der Waals surface area (Å²) in [6, 6.07) is 25.1. The average molecular weight is 398 g/mol. The first-order valence-corrected chi connectivity index (χ1v) is 9.89. The van der Waals surface area contributed by atoms with E-state index in [2.05, 4.69) is 0 Å². The second-order valence-corrected chi connectivity index (χ2v) is 6.67. The molecule has 4 aromatic rings. The number of esters is 1. The normalized spacial score (nSPS) is 11.1. The van der Waals surface area contributed by atoms with Crippen molar-refractivity contribution in [3.05, 3.63) is 96.1 Å². The van der Waals surface area contributed by atoms with E-state index < -0.39 is 5.97 Å². The van der Waals surface area contributed by atoms with Crippen molar-refractivity contribution in [2.24, 2.45) is 0 Å². The molecule has 0 aliphatic heterocycles. The number of ether oxygens (including phenoxy) is 2. The van der Waals surface area contributed by atoms with Crippen molar-refractivity contribution in [3.8, 4) is 17.1 Å². The van der Waals surface area contributed by atoms with Crippen LogP contribution in [0.4, 0.5) is 0 Å². The quantitative estimate of drug-likeness (QED) is 0.340. The molecule has 0 atom stereocenters. The Morgan fingerprint density at radius 2 is 1.70 bits per heavy atom. The van der Waals surface area contributed by atoms with E-state index in [0.29, 0.717) is 41.3 Å². The largest absolute Gasteiger partial charge is 0.490 e. The van der Waals surface area contributed by atoms with Crippen molar-refractivity contribution in [1.82, 2.24) is 0 Å². The second kappa shape index (κ2) is 9.14. The van der Waals surface area contributed by atoms with Crippen LogP contribution >= 0.6 is 0 Å². The van der Waals surface area contributed by atoms with Gasteiger partial charge in [-0.2, -0.15) is 0 Å². The van der Waals surface area contributed by atoms with Gasteiger partial charge < -0.3 is 13.9 Å². The van der Waals surface area contributed by atoms with Gasteiger partial charge in [0.05, 0.1) is 6.61 Å². The maximum absolute atomic E-state index is 12.7. The van der Waals surface area contributed by atoms with Gasteiger partial charge in [-0.25, -0.2) is 4.79 Å². The van der Waals surface area contributed by atoms with Crippen LogP contribution in [0.15, 0.2) is 89.4 Å².